The maximum Gasteiger partial charge on any atom is 0.342 e. The number of carbonyl (C=O) groups excluding carboxylic acids is 4. The van der Waals surface area contributed by atoms with Crippen molar-refractivity contribution >= 4 is 145 Å². The zero-order valence-electron chi connectivity index (χ0n) is 53.4. The number of rotatable bonds is 12. The normalized spacial score (nSPS) is 12.1. The summed E-state index contributed by atoms with van der Waals surface area (Å²) in [5.74, 6) is -6.35. The van der Waals surface area contributed by atoms with Crippen molar-refractivity contribution < 1.29 is 69.7 Å². The number of anilines is 2. The van der Waals surface area contributed by atoms with Gasteiger partial charge in [-0.15, -0.1) is 0 Å². The fourth-order valence-corrected chi connectivity index (χ4v) is 10.5. The van der Waals surface area contributed by atoms with Gasteiger partial charge in [0, 0.05) is 135 Å². The monoisotopic (exact) mass is 1560 g/mol. The van der Waals surface area contributed by atoms with Crippen molar-refractivity contribution in [2.75, 3.05) is 50.9 Å². The predicted octanol–water partition coefficient (Wildman–Crippen LogP) is 14.5. The first-order valence-electron chi connectivity index (χ1n) is 29.6. The number of hydrogen-bond donors (Lipinski definition) is 5. The molecule has 2 aliphatic rings. The van der Waals surface area contributed by atoms with Gasteiger partial charge in [0.25, 0.3) is 23.2 Å². The molecule has 105 heavy (non-hydrogen) atoms. The first kappa shape index (κ1) is 79.4. The molecule has 2 aliphatic heterocycles. The van der Waals surface area contributed by atoms with Crippen LogP contribution in [0, 0.1) is 60.9 Å². The first-order valence-corrected chi connectivity index (χ1v) is 31.9. The first-order chi connectivity index (χ1) is 49.9. The average Bonchev–Trinajstić information content (AvgIpc) is 0.780. The molecule has 6 N–H and O–H groups in total. The molecule has 0 spiro atoms. The Morgan fingerprint density at radius 1 is 0.533 bits per heavy atom. The van der Waals surface area contributed by atoms with E-state index in [2.05, 4.69) is 55.8 Å². The summed E-state index contributed by atoms with van der Waals surface area (Å²) in [5, 5.41) is 37.6. The molecule has 0 atom stereocenters. The number of carboxylic acid groups (broad SMARTS) is 1. The van der Waals surface area contributed by atoms with E-state index in [1.54, 1.807) is 43.1 Å². The highest BCUT2D eigenvalue weighted by Gasteiger charge is 2.34. The number of fused-ring (bicyclic) bond motifs is 2. The number of carbonyl (C=O) groups is 5. The summed E-state index contributed by atoms with van der Waals surface area (Å²) in [6.45, 7) is 2.88. The van der Waals surface area contributed by atoms with Crippen LogP contribution >= 0.6 is 69.6 Å². The van der Waals surface area contributed by atoms with E-state index in [1.807, 2.05) is 4.90 Å². The van der Waals surface area contributed by atoms with E-state index in [-0.39, 0.29) is 65.5 Å². The average molecular weight is 1570 g/mol. The molecule has 6 heterocycles. The Balaban J connectivity index is 0.000000168. The van der Waals surface area contributed by atoms with Crippen molar-refractivity contribution in [2.24, 2.45) is 0 Å². The maximum atomic E-state index is 14.5. The van der Waals surface area contributed by atoms with Crippen LogP contribution in [-0.2, 0) is 0 Å². The van der Waals surface area contributed by atoms with Crippen LogP contribution in [-0.4, -0.2) is 125 Å². The third kappa shape index (κ3) is 19.7. The fourth-order valence-electron chi connectivity index (χ4n) is 9.51. The smallest absolute Gasteiger partial charge is 0.342 e. The third-order valence-corrected chi connectivity index (χ3v) is 16.5. The lowest BCUT2D eigenvalue weighted by Crippen LogP contribution is -2.46. The van der Waals surface area contributed by atoms with Crippen molar-refractivity contribution in [2.45, 2.75) is 11.8 Å². The number of nitro groups is 2. The predicted molar refractivity (Wildman–Crippen MR) is 376 cm³/mol. The Hall–Kier alpha value is -11.3. The van der Waals surface area contributed by atoms with Gasteiger partial charge < -0.3 is 31.7 Å². The van der Waals surface area contributed by atoms with Gasteiger partial charge in [0.2, 0.25) is 11.2 Å². The molecule has 2 saturated heterocycles. The summed E-state index contributed by atoms with van der Waals surface area (Å²) in [6.07, 6.45) is 10.1. The molecule has 11 aromatic rings. The molecule has 0 radical (unpaired) electrons. The van der Waals surface area contributed by atoms with E-state index in [1.165, 1.54) is 74.9 Å². The van der Waals surface area contributed by atoms with Gasteiger partial charge in [0.05, 0.1) is 85.5 Å². The van der Waals surface area contributed by atoms with Gasteiger partial charge in [-0.2, -0.15) is 0 Å². The zero-order valence-corrected chi connectivity index (χ0v) is 57.9. The van der Waals surface area contributed by atoms with Gasteiger partial charge in [-0.25, -0.2) is 55.5 Å². The molecule has 0 bridgehead atoms. The van der Waals surface area contributed by atoms with Gasteiger partial charge in [0.1, 0.15) is 46.3 Å². The number of amides is 2. The number of hydrogen-bond acceptors (Lipinski definition) is 20. The Bertz CT molecular complexity index is 5180. The molecule has 25 nitrogen and oxygen atoms in total. The Labute approximate surface area is 616 Å². The Morgan fingerprint density at radius 3 is 1.42 bits per heavy atom. The Morgan fingerprint density at radius 2 is 0.962 bits per heavy atom. The van der Waals surface area contributed by atoms with Crippen LogP contribution in [0.2, 0.25) is 30.4 Å². The number of benzene rings is 7. The van der Waals surface area contributed by atoms with Crippen molar-refractivity contribution in [3.63, 3.8) is 0 Å². The van der Waals surface area contributed by atoms with Gasteiger partial charge >= 0.3 is 5.97 Å². The standard InChI is InChI=1S/C23H17ClF2N6O.C15H15FN4O.C8H3Cl2FN2.C7H3ClFNO4.C7H3ClFNO3.C7H5ClFNO/c1-27-22(33)15-3-2-12(6-17(15)25)20-21(29-5-4-28-20)14-10-32(11-14)23-30-9-13-7-18(26)16(24)8-19(13)31-23;1-17-15(21)11-3-2-9(6-12(11)16)13-14(10-7-18-8-10)20-5-4-19-13;9-5-2-7-4(1-6(5)11)3-12-8(10)13-7;8-4-2-6(10(13)14)3(7(11)12)1-5(4)9;8-5-2-7(10(12)13)4(3-11)1-6(5)9;8-5-2-7(10)4(3-11)1-6(5)9/h2-9,14H,10-11H2,1H3,(H,27,33);2-6,10,18H,7-8H2,1H3,(H,17,21);1-3H;1-2H,(H,11,12);1-3H;1-3H,10H2. The van der Waals surface area contributed by atoms with E-state index in [4.69, 9.17) is 80.4 Å². The molecule has 2 fully saturated rings. The summed E-state index contributed by atoms with van der Waals surface area (Å²) in [5.41, 5.74) is 8.43. The van der Waals surface area contributed by atoms with Crippen LogP contribution < -0.4 is 26.6 Å². The minimum absolute atomic E-state index is 0.00695. The zero-order chi connectivity index (χ0) is 76.7. The summed E-state index contributed by atoms with van der Waals surface area (Å²) >= 11 is 32.9. The molecule has 13 rings (SSSR count). The minimum Gasteiger partial charge on any atom is -0.477 e. The number of nitrogens with zero attached hydrogens (tertiary/aromatic N) is 11. The Kier molecular flexibility index (Phi) is 27.1. The van der Waals surface area contributed by atoms with Crippen LogP contribution in [0.1, 0.15) is 75.0 Å². The number of carboxylic acids is 1. The number of aromatic carboxylic acids is 1. The second-order valence-corrected chi connectivity index (χ2v) is 24.0. The number of aromatic nitrogens is 8. The molecular weight excluding hydrogens is 1520 g/mol. The van der Waals surface area contributed by atoms with Crippen molar-refractivity contribution in [3.05, 3.63) is 265 Å². The minimum atomic E-state index is -1.58. The number of nitro benzene ring substituents is 2. The summed E-state index contributed by atoms with van der Waals surface area (Å²) in [6, 6.07) is 19.3. The molecule has 0 saturated carbocycles. The molecule has 0 aliphatic carbocycles. The van der Waals surface area contributed by atoms with E-state index >= 15 is 0 Å². The van der Waals surface area contributed by atoms with Gasteiger partial charge in [0.15, 0.2) is 12.6 Å². The fraction of sp³-hybridized carbons (Fsp3) is 0.119. The van der Waals surface area contributed by atoms with E-state index in [0.717, 1.165) is 42.7 Å². The lowest BCUT2D eigenvalue weighted by molar-refractivity contribution is -0.385. The van der Waals surface area contributed by atoms with Gasteiger partial charge in [-0.05, 0) is 84.4 Å². The lowest BCUT2D eigenvalue weighted by atomic mass is 9.92. The molecule has 7 aromatic carbocycles. The number of halogens is 13. The summed E-state index contributed by atoms with van der Waals surface area (Å²) < 4.78 is 93.2. The van der Waals surface area contributed by atoms with E-state index in [9.17, 15) is 74.9 Å². The highest BCUT2D eigenvalue weighted by atomic mass is 35.5. The summed E-state index contributed by atoms with van der Waals surface area (Å²) in [4.78, 5) is 109. The number of nitrogen functional groups attached to an aromatic ring is 1. The van der Waals surface area contributed by atoms with Gasteiger partial charge in [-0.1, -0.05) is 70.1 Å². The largest absolute Gasteiger partial charge is 0.477 e. The van der Waals surface area contributed by atoms with Crippen molar-refractivity contribution in [1.29, 1.82) is 0 Å². The number of nitrogens with one attached hydrogen (secondary N) is 3. The lowest BCUT2D eigenvalue weighted by Gasteiger charge is -2.39. The van der Waals surface area contributed by atoms with Crippen LogP contribution in [0.5, 0.6) is 0 Å². The van der Waals surface area contributed by atoms with Crippen LogP contribution in [0.25, 0.3) is 44.3 Å². The van der Waals surface area contributed by atoms with E-state index in [0.29, 0.717) is 87.7 Å². The van der Waals surface area contributed by atoms with Crippen molar-refractivity contribution in [1.82, 2.24) is 55.8 Å². The molecule has 2 amide bonds. The highest BCUT2D eigenvalue weighted by Crippen LogP contribution is 2.36. The SMILES string of the molecule is CNC(=O)c1ccc(-c2nccnc2C2CN(c3ncc4cc(F)c(Cl)cc4n3)C2)cc1F.CNC(=O)c1ccc(-c2nccnc2C2CNC2)cc1F.Fc1cc2cnc(Cl)nc2cc1Cl.Nc1cc(Cl)c(F)cc1C=O.O=C(O)c1cc(F)c(Cl)cc1[N+](=O)[O-].O=Cc1cc(F)c(Cl)cc1[N+](=O)[O-]. The number of nitrogens with two attached hydrogens (primary N) is 1. The second-order valence-electron chi connectivity index (χ2n) is 21.6. The van der Waals surface area contributed by atoms with Crippen LogP contribution in [0.4, 0.5) is 53.7 Å². The molecule has 38 heteroatoms. The highest BCUT2D eigenvalue weighted by molar-refractivity contribution is 6.33. The third-order valence-electron chi connectivity index (χ3n) is 14.9. The van der Waals surface area contributed by atoms with Crippen LogP contribution in [0.15, 0.2) is 134 Å². The summed E-state index contributed by atoms with van der Waals surface area (Å²) in [7, 11) is 2.92. The molecule has 540 valence electrons. The van der Waals surface area contributed by atoms with E-state index < -0.39 is 90.3 Å². The second kappa shape index (κ2) is 35.8. The molecule has 4 aromatic heterocycles. The number of aldehydes is 2. The molecule has 0 unspecified atom stereocenters. The molecular formula is C67H46Cl6F7N15O10. The van der Waals surface area contributed by atoms with Crippen molar-refractivity contribution in [3.8, 4) is 22.5 Å². The topological polar surface area (TPSA) is 360 Å². The maximum absolute atomic E-state index is 14.5. The van der Waals surface area contributed by atoms with Crippen LogP contribution in [0.3, 0.4) is 0 Å². The quantitative estimate of drug-likeness (QED) is 0.0189. The van der Waals surface area contributed by atoms with Gasteiger partial charge in [-0.3, -0.25) is 59.3 Å².